The Morgan fingerprint density at radius 3 is 1.94 bits per heavy atom. The number of piperazine rings is 1. The Labute approximate surface area is 195 Å². The van der Waals surface area contributed by atoms with Crippen molar-refractivity contribution in [2.24, 2.45) is 5.92 Å². The lowest BCUT2D eigenvalue weighted by Crippen LogP contribution is -2.51. The van der Waals surface area contributed by atoms with E-state index in [4.69, 9.17) is 9.47 Å². The van der Waals surface area contributed by atoms with Gasteiger partial charge >= 0.3 is 0 Å². The highest BCUT2D eigenvalue weighted by atomic mass is 16.5. The summed E-state index contributed by atoms with van der Waals surface area (Å²) in [4.78, 5) is 31.4. The molecule has 0 bridgehead atoms. The lowest BCUT2D eigenvalue weighted by atomic mass is 9.95. The molecule has 176 valence electrons. The molecule has 2 saturated heterocycles. The number of rotatable bonds is 6. The summed E-state index contributed by atoms with van der Waals surface area (Å²) >= 11 is 0. The van der Waals surface area contributed by atoms with Crippen molar-refractivity contribution in [2.75, 3.05) is 52.9 Å². The molecule has 2 fully saturated rings. The predicted octanol–water partition coefficient (Wildman–Crippen LogP) is 3.18. The van der Waals surface area contributed by atoms with Crippen LogP contribution in [0, 0.1) is 12.8 Å². The molecule has 0 spiro atoms. The van der Waals surface area contributed by atoms with Crippen LogP contribution in [0.4, 0.5) is 0 Å². The molecule has 2 heterocycles. The number of piperidine rings is 1. The quantitative estimate of drug-likeness (QED) is 0.675. The highest BCUT2D eigenvalue weighted by Gasteiger charge is 2.31. The molecule has 0 aromatic heterocycles. The Bertz CT molecular complexity index is 929. The Balaban J connectivity index is 1.19. The largest absolute Gasteiger partial charge is 0.484 e. The van der Waals surface area contributed by atoms with E-state index in [0.717, 1.165) is 44.8 Å². The molecular weight excluding hydrogens is 418 g/mol. The first-order valence-electron chi connectivity index (χ1n) is 11.7. The van der Waals surface area contributed by atoms with Crippen LogP contribution in [0.3, 0.4) is 0 Å². The second-order valence-corrected chi connectivity index (χ2v) is 8.96. The average Bonchev–Trinajstić information content (AvgIpc) is 2.85. The predicted molar refractivity (Wildman–Crippen MR) is 127 cm³/mol. The molecule has 0 atom stereocenters. The second kappa shape index (κ2) is 10.7. The molecule has 0 aliphatic carbocycles. The summed E-state index contributed by atoms with van der Waals surface area (Å²) in [7, 11) is 2.08. The standard InChI is InChI=1S/C26H33N3O4/c1-20-3-5-23(6-4-20)33-24-9-7-22(8-10-24)32-19-25(30)28-13-11-21(12-14-28)26(31)29-17-15-27(2)16-18-29/h3-10,21H,11-19H2,1-2H3. The van der Waals surface area contributed by atoms with Crippen LogP contribution < -0.4 is 9.47 Å². The molecule has 7 heteroatoms. The highest BCUT2D eigenvalue weighted by molar-refractivity contribution is 5.80. The van der Waals surface area contributed by atoms with Crippen molar-refractivity contribution in [3.63, 3.8) is 0 Å². The summed E-state index contributed by atoms with van der Waals surface area (Å²) in [6.45, 7) is 6.71. The van der Waals surface area contributed by atoms with Crippen LogP contribution in [0.25, 0.3) is 0 Å². The van der Waals surface area contributed by atoms with Gasteiger partial charge in [-0.25, -0.2) is 0 Å². The van der Waals surface area contributed by atoms with E-state index in [-0.39, 0.29) is 24.3 Å². The fourth-order valence-electron chi connectivity index (χ4n) is 4.24. The van der Waals surface area contributed by atoms with Gasteiger partial charge in [0.2, 0.25) is 5.91 Å². The summed E-state index contributed by atoms with van der Waals surface area (Å²) in [5, 5.41) is 0. The monoisotopic (exact) mass is 451 g/mol. The van der Waals surface area contributed by atoms with Gasteiger partial charge in [0.05, 0.1) is 0 Å². The topological polar surface area (TPSA) is 62.3 Å². The minimum absolute atomic E-state index is 0.00472. The minimum Gasteiger partial charge on any atom is -0.484 e. The molecule has 7 nitrogen and oxygen atoms in total. The Kier molecular flexibility index (Phi) is 7.50. The summed E-state index contributed by atoms with van der Waals surface area (Å²) in [6, 6.07) is 15.1. The van der Waals surface area contributed by atoms with Crippen molar-refractivity contribution < 1.29 is 19.1 Å². The first-order chi connectivity index (χ1) is 16.0. The summed E-state index contributed by atoms with van der Waals surface area (Å²) in [6.07, 6.45) is 1.45. The smallest absolute Gasteiger partial charge is 0.260 e. The molecule has 2 amide bonds. The Morgan fingerprint density at radius 1 is 0.788 bits per heavy atom. The van der Waals surface area contributed by atoms with E-state index in [0.29, 0.717) is 24.6 Å². The van der Waals surface area contributed by atoms with Crippen molar-refractivity contribution in [2.45, 2.75) is 19.8 Å². The van der Waals surface area contributed by atoms with Gasteiger partial charge in [-0.1, -0.05) is 17.7 Å². The molecule has 4 rings (SSSR count). The van der Waals surface area contributed by atoms with Gasteiger partial charge in [0.15, 0.2) is 6.61 Å². The third-order valence-corrected chi connectivity index (χ3v) is 6.45. The molecule has 2 aromatic carbocycles. The van der Waals surface area contributed by atoms with Gasteiger partial charge in [0.25, 0.3) is 5.91 Å². The van der Waals surface area contributed by atoms with Crippen molar-refractivity contribution in [3.05, 3.63) is 54.1 Å². The van der Waals surface area contributed by atoms with Gasteiger partial charge in [-0.3, -0.25) is 9.59 Å². The highest BCUT2D eigenvalue weighted by Crippen LogP contribution is 2.25. The van der Waals surface area contributed by atoms with E-state index >= 15 is 0 Å². The van der Waals surface area contributed by atoms with Gasteiger partial charge in [-0.05, 0) is 63.2 Å². The van der Waals surface area contributed by atoms with Crippen LogP contribution in [0.5, 0.6) is 17.2 Å². The van der Waals surface area contributed by atoms with E-state index in [1.54, 1.807) is 12.1 Å². The maximum Gasteiger partial charge on any atom is 0.260 e. The zero-order chi connectivity index (χ0) is 23.2. The molecule has 2 aliphatic heterocycles. The molecule has 33 heavy (non-hydrogen) atoms. The number of benzene rings is 2. The van der Waals surface area contributed by atoms with Crippen molar-refractivity contribution in [1.29, 1.82) is 0 Å². The number of nitrogens with zero attached hydrogens (tertiary/aromatic N) is 3. The number of amides is 2. The van der Waals surface area contributed by atoms with Crippen LogP contribution in [0.1, 0.15) is 18.4 Å². The van der Waals surface area contributed by atoms with Crippen LogP contribution in [0.2, 0.25) is 0 Å². The summed E-state index contributed by atoms with van der Waals surface area (Å²) in [5.41, 5.74) is 1.18. The third-order valence-electron chi connectivity index (χ3n) is 6.45. The molecule has 2 aliphatic rings. The minimum atomic E-state index is -0.0412. The van der Waals surface area contributed by atoms with Gasteiger partial charge in [0.1, 0.15) is 17.2 Å². The number of hydrogen-bond acceptors (Lipinski definition) is 5. The third kappa shape index (κ3) is 6.26. The number of carbonyl (C=O) groups excluding carboxylic acids is 2. The second-order valence-electron chi connectivity index (χ2n) is 8.96. The molecular formula is C26H33N3O4. The summed E-state index contributed by atoms with van der Waals surface area (Å²) in [5.74, 6) is 2.35. The van der Waals surface area contributed by atoms with Crippen molar-refractivity contribution in [3.8, 4) is 17.2 Å². The van der Waals surface area contributed by atoms with Crippen molar-refractivity contribution in [1.82, 2.24) is 14.7 Å². The van der Waals surface area contributed by atoms with Crippen molar-refractivity contribution >= 4 is 11.8 Å². The van der Waals surface area contributed by atoms with Gasteiger partial charge in [-0.2, -0.15) is 0 Å². The van der Waals surface area contributed by atoms with Crippen LogP contribution in [0.15, 0.2) is 48.5 Å². The van der Waals surface area contributed by atoms with Gasteiger partial charge in [0, 0.05) is 45.2 Å². The maximum absolute atomic E-state index is 12.8. The number of carbonyl (C=O) groups is 2. The summed E-state index contributed by atoms with van der Waals surface area (Å²) < 4.78 is 11.5. The zero-order valence-electron chi connectivity index (χ0n) is 19.5. The number of likely N-dealkylation sites (N-methyl/N-ethyl adjacent to an activating group) is 1. The van der Waals surface area contributed by atoms with E-state index in [9.17, 15) is 9.59 Å². The fraction of sp³-hybridized carbons (Fsp3) is 0.462. The first kappa shape index (κ1) is 23.1. The Morgan fingerprint density at radius 2 is 1.33 bits per heavy atom. The molecule has 2 aromatic rings. The number of ether oxygens (including phenoxy) is 2. The zero-order valence-corrected chi connectivity index (χ0v) is 19.5. The molecule has 0 radical (unpaired) electrons. The van der Waals surface area contributed by atoms with Crippen LogP contribution >= 0.6 is 0 Å². The van der Waals surface area contributed by atoms with E-state index in [1.807, 2.05) is 53.1 Å². The van der Waals surface area contributed by atoms with E-state index in [2.05, 4.69) is 11.9 Å². The number of aryl methyl sites for hydroxylation is 1. The maximum atomic E-state index is 12.8. The van der Waals surface area contributed by atoms with E-state index in [1.165, 1.54) is 5.56 Å². The first-order valence-corrected chi connectivity index (χ1v) is 11.7. The lowest BCUT2D eigenvalue weighted by Gasteiger charge is -2.37. The molecule has 0 N–H and O–H groups in total. The number of likely N-dealkylation sites (tertiary alicyclic amines) is 1. The van der Waals surface area contributed by atoms with E-state index < -0.39 is 0 Å². The Hall–Kier alpha value is -3.06. The van der Waals surface area contributed by atoms with Crippen LogP contribution in [-0.4, -0.2) is 79.4 Å². The van der Waals surface area contributed by atoms with Gasteiger partial charge < -0.3 is 24.2 Å². The lowest BCUT2D eigenvalue weighted by molar-refractivity contribution is -0.142. The average molecular weight is 452 g/mol. The SMILES string of the molecule is Cc1ccc(Oc2ccc(OCC(=O)N3CCC(C(=O)N4CCN(C)CC4)CC3)cc2)cc1. The van der Waals surface area contributed by atoms with Gasteiger partial charge in [-0.15, -0.1) is 0 Å². The van der Waals surface area contributed by atoms with Crippen LogP contribution in [-0.2, 0) is 9.59 Å². The number of hydrogen-bond donors (Lipinski definition) is 0. The molecule has 0 unspecified atom stereocenters. The fourth-order valence-corrected chi connectivity index (χ4v) is 4.24. The normalized spacial score (nSPS) is 17.6. The molecule has 0 saturated carbocycles.